The van der Waals surface area contributed by atoms with Gasteiger partial charge in [0.15, 0.2) is 5.72 Å². The van der Waals surface area contributed by atoms with E-state index in [0.717, 1.165) is 0 Å². The second-order valence-electron chi connectivity index (χ2n) is 3.51. The van der Waals surface area contributed by atoms with E-state index in [4.69, 9.17) is 14.2 Å². The van der Waals surface area contributed by atoms with E-state index in [1.807, 2.05) is 6.07 Å². The van der Waals surface area contributed by atoms with Crippen molar-refractivity contribution in [3.8, 4) is 5.75 Å². The van der Waals surface area contributed by atoms with Gasteiger partial charge in [-0.25, -0.2) is 4.79 Å². The van der Waals surface area contributed by atoms with Crippen LogP contribution in [0.4, 0.5) is 4.79 Å². The maximum Gasteiger partial charge on any atom is 0.514 e. The molecule has 5 heteroatoms. The van der Waals surface area contributed by atoms with Crippen molar-refractivity contribution in [1.29, 1.82) is 0 Å². The molecular weight excluding hydrogens is 210 g/mol. The van der Waals surface area contributed by atoms with Crippen LogP contribution in [0.25, 0.3) is 0 Å². The van der Waals surface area contributed by atoms with Crippen LogP contribution in [0.3, 0.4) is 0 Å². The Hall–Kier alpha value is -1.59. The van der Waals surface area contributed by atoms with Crippen LogP contribution in [-0.4, -0.2) is 32.1 Å². The fraction of sp³-hybridized carbons (Fsp3) is 0.364. The normalized spacial score (nSPS) is 22.6. The molecule has 1 aliphatic heterocycles. The van der Waals surface area contributed by atoms with Crippen LogP contribution < -0.4 is 10.1 Å². The molecule has 0 amide bonds. The van der Waals surface area contributed by atoms with Gasteiger partial charge in [0.2, 0.25) is 0 Å². The van der Waals surface area contributed by atoms with Crippen LogP contribution in [0.2, 0.25) is 0 Å². The van der Waals surface area contributed by atoms with E-state index >= 15 is 0 Å². The van der Waals surface area contributed by atoms with Crippen LogP contribution in [0.15, 0.2) is 30.3 Å². The zero-order valence-electron chi connectivity index (χ0n) is 8.93. The lowest BCUT2D eigenvalue weighted by molar-refractivity contribution is 0.00131. The molecule has 0 spiro atoms. The molecule has 1 atom stereocenters. The Bertz CT molecular complexity index is 362. The van der Waals surface area contributed by atoms with E-state index in [9.17, 15) is 4.79 Å². The molecule has 1 heterocycles. The van der Waals surface area contributed by atoms with Gasteiger partial charge in [-0.15, -0.1) is 0 Å². The molecular formula is C11H13NO4. The average molecular weight is 223 g/mol. The van der Waals surface area contributed by atoms with Gasteiger partial charge in [-0.05, 0) is 12.1 Å². The van der Waals surface area contributed by atoms with Crippen LogP contribution in [0.1, 0.15) is 0 Å². The molecule has 0 aromatic heterocycles. The third kappa shape index (κ3) is 2.71. The third-order valence-corrected chi connectivity index (χ3v) is 2.33. The first kappa shape index (κ1) is 10.9. The molecule has 1 aromatic rings. The second kappa shape index (κ2) is 4.51. The minimum Gasteiger partial charge on any atom is -0.429 e. The van der Waals surface area contributed by atoms with Gasteiger partial charge in [-0.2, -0.15) is 0 Å². The van der Waals surface area contributed by atoms with Crippen molar-refractivity contribution in [2.24, 2.45) is 0 Å². The number of ether oxygens (including phenoxy) is 3. The summed E-state index contributed by atoms with van der Waals surface area (Å²) < 4.78 is 15.0. The molecule has 2 rings (SSSR count). The maximum absolute atomic E-state index is 11.3. The number of nitrogens with one attached hydrogen (secondary N) is 1. The smallest absolute Gasteiger partial charge is 0.429 e. The van der Waals surface area contributed by atoms with E-state index in [-0.39, 0.29) is 6.61 Å². The van der Waals surface area contributed by atoms with Crippen molar-refractivity contribution in [2.75, 3.05) is 20.3 Å². The largest absolute Gasteiger partial charge is 0.514 e. The van der Waals surface area contributed by atoms with Gasteiger partial charge in [0.1, 0.15) is 12.4 Å². The Balaban J connectivity index is 1.77. The summed E-state index contributed by atoms with van der Waals surface area (Å²) in [6.45, 7) is 0.831. The summed E-state index contributed by atoms with van der Waals surface area (Å²) in [6, 6.07) is 8.76. The fourth-order valence-corrected chi connectivity index (χ4v) is 1.19. The number of methoxy groups -OCH3 is 1. The van der Waals surface area contributed by atoms with Crippen molar-refractivity contribution in [3.05, 3.63) is 30.3 Å². The summed E-state index contributed by atoms with van der Waals surface area (Å²) in [5.74, 6) is 0.461. The highest BCUT2D eigenvalue weighted by Gasteiger charge is 2.44. The lowest BCUT2D eigenvalue weighted by Gasteiger charge is -2.11. The lowest BCUT2D eigenvalue weighted by Crippen LogP contribution is -2.28. The van der Waals surface area contributed by atoms with Crippen molar-refractivity contribution < 1.29 is 19.0 Å². The molecule has 5 nitrogen and oxygen atoms in total. The van der Waals surface area contributed by atoms with Crippen molar-refractivity contribution >= 4 is 6.16 Å². The first-order valence-electron chi connectivity index (χ1n) is 4.94. The lowest BCUT2D eigenvalue weighted by atomic mass is 10.3. The Morgan fingerprint density at radius 3 is 2.69 bits per heavy atom. The van der Waals surface area contributed by atoms with Crippen LogP contribution in [0, 0.1) is 0 Å². The highest BCUT2D eigenvalue weighted by atomic mass is 16.7. The van der Waals surface area contributed by atoms with E-state index in [1.165, 1.54) is 0 Å². The van der Waals surface area contributed by atoms with E-state index in [2.05, 4.69) is 5.32 Å². The Morgan fingerprint density at radius 1 is 1.44 bits per heavy atom. The zero-order valence-corrected chi connectivity index (χ0v) is 8.93. The number of benzene rings is 1. The molecule has 16 heavy (non-hydrogen) atoms. The maximum atomic E-state index is 11.3. The van der Waals surface area contributed by atoms with Gasteiger partial charge >= 0.3 is 6.16 Å². The zero-order chi connectivity index (χ0) is 11.4. The molecule has 0 saturated carbocycles. The highest BCUT2D eigenvalue weighted by Crippen LogP contribution is 2.18. The number of hydrogen-bond acceptors (Lipinski definition) is 5. The van der Waals surface area contributed by atoms with Gasteiger partial charge < -0.3 is 14.2 Å². The molecule has 0 radical (unpaired) electrons. The molecule has 1 fully saturated rings. The predicted octanol–water partition coefficient (Wildman–Crippen LogP) is 1.15. The van der Waals surface area contributed by atoms with Crippen LogP contribution in [0.5, 0.6) is 5.75 Å². The van der Waals surface area contributed by atoms with Crippen molar-refractivity contribution in [2.45, 2.75) is 5.72 Å². The number of hydrogen-bond donors (Lipinski definition) is 1. The summed E-state index contributed by atoms with van der Waals surface area (Å²) in [5.41, 5.74) is -0.504. The van der Waals surface area contributed by atoms with Crippen LogP contribution in [-0.2, 0) is 9.47 Å². The summed E-state index contributed by atoms with van der Waals surface area (Å²) in [6.07, 6.45) is -0.726. The predicted molar refractivity (Wildman–Crippen MR) is 56.2 cm³/mol. The fourth-order valence-electron chi connectivity index (χ4n) is 1.19. The van der Waals surface area contributed by atoms with E-state index in [1.54, 1.807) is 31.4 Å². The number of carbonyl (C=O) groups is 1. The molecule has 1 aromatic carbocycles. The van der Waals surface area contributed by atoms with Gasteiger partial charge in [0.05, 0.1) is 0 Å². The SMILES string of the molecule is COC1(COC(=O)Oc2ccccc2)CN1. The summed E-state index contributed by atoms with van der Waals surface area (Å²) in [4.78, 5) is 11.3. The average Bonchev–Trinajstić information content (AvgIpc) is 3.09. The molecule has 1 N–H and O–H groups in total. The highest BCUT2D eigenvalue weighted by molar-refractivity contribution is 5.63. The van der Waals surface area contributed by atoms with Gasteiger partial charge in [-0.3, -0.25) is 5.32 Å². The van der Waals surface area contributed by atoms with Gasteiger partial charge in [-0.1, -0.05) is 18.2 Å². The molecule has 1 saturated heterocycles. The Labute approximate surface area is 93.3 Å². The van der Waals surface area contributed by atoms with Gasteiger partial charge in [0, 0.05) is 13.7 Å². The number of carbonyl (C=O) groups excluding carboxylic acids is 1. The second-order valence-corrected chi connectivity index (χ2v) is 3.51. The Kier molecular flexibility index (Phi) is 3.07. The minimum atomic E-state index is -0.726. The molecule has 1 unspecified atom stereocenters. The Morgan fingerprint density at radius 2 is 2.12 bits per heavy atom. The van der Waals surface area contributed by atoms with Crippen molar-refractivity contribution in [1.82, 2.24) is 5.32 Å². The van der Waals surface area contributed by atoms with Crippen molar-refractivity contribution in [3.63, 3.8) is 0 Å². The summed E-state index contributed by atoms with van der Waals surface area (Å²) >= 11 is 0. The summed E-state index contributed by atoms with van der Waals surface area (Å²) in [7, 11) is 1.56. The molecule has 0 bridgehead atoms. The molecule has 86 valence electrons. The first-order valence-corrected chi connectivity index (χ1v) is 4.94. The van der Waals surface area contributed by atoms with Crippen LogP contribution >= 0.6 is 0 Å². The standard InChI is InChI=1S/C11H13NO4/c1-14-11(7-12-11)8-15-10(13)16-9-5-3-2-4-6-9/h2-6,12H,7-8H2,1H3. The molecule has 1 aliphatic rings. The first-order chi connectivity index (χ1) is 7.74. The topological polar surface area (TPSA) is 66.7 Å². The van der Waals surface area contributed by atoms with E-state index in [0.29, 0.717) is 12.3 Å². The quantitative estimate of drug-likeness (QED) is 0.471. The third-order valence-electron chi connectivity index (χ3n) is 2.33. The minimum absolute atomic E-state index is 0.148. The van der Waals surface area contributed by atoms with E-state index < -0.39 is 11.9 Å². The van der Waals surface area contributed by atoms with Gasteiger partial charge in [0.25, 0.3) is 0 Å². The monoisotopic (exact) mass is 223 g/mol. The summed E-state index contributed by atoms with van der Waals surface area (Å²) in [5, 5.41) is 2.96. The number of rotatable bonds is 4. The number of para-hydroxylation sites is 1. The molecule has 0 aliphatic carbocycles.